The Morgan fingerprint density at radius 2 is 0.873 bits per heavy atom. The maximum absolute atomic E-state index is 6.31. The fourth-order valence-electron chi connectivity index (χ4n) is 10.7. The van der Waals surface area contributed by atoms with E-state index in [0.29, 0.717) is 0 Å². The lowest BCUT2D eigenvalue weighted by atomic mass is 9.79. The maximum Gasteiger partial charge on any atom is 0.136 e. The molecular formula is C54H38O. The van der Waals surface area contributed by atoms with Crippen molar-refractivity contribution in [3.63, 3.8) is 0 Å². The monoisotopic (exact) mass is 702 g/mol. The van der Waals surface area contributed by atoms with Gasteiger partial charge in [0.2, 0.25) is 0 Å². The maximum atomic E-state index is 6.31. The number of para-hydroxylation sites is 1. The predicted octanol–water partition coefficient (Wildman–Crippen LogP) is 15.0. The molecule has 0 fully saturated rings. The fourth-order valence-corrected chi connectivity index (χ4v) is 10.7. The lowest BCUT2D eigenvalue weighted by Gasteiger charge is -2.23. The molecule has 0 radical (unpaired) electrons. The zero-order valence-electron chi connectivity index (χ0n) is 31.4. The summed E-state index contributed by atoms with van der Waals surface area (Å²) in [5.41, 5.74) is 17.8. The summed E-state index contributed by atoms with van der Waals surface area (Å²) in [6.07, 6.45) is 0. The first-order chi connectivity index (χ1) is 26.8. The molecule has 1 nitrogen and oxygen atoms in total. The first-order valence-corrected chi connectivity index (χ1v) is 19.5. The molecule has 0 saturated carbocycles. The number of benzene rings is 9. The van der Waals surface area contributed by atoms with Gasteiger partial charge in [0.05, 0.1) is 0 Å². The molecule has 2 aliphatic rings. The van der Waals surface area contributed by atoms with Crippen molar-refractivity contribution in [2.45, 2.75) is 38.5 Å². The zero-order chi connectivity index (χ0) is 36.8. The second-order valence-corrected chi connectivity index (χ2v) is 16.8. The van der Waals surface area contributed by atoms with E-state index in [0.717, 1.165) is 11.2 Å². The highest BCUT2D eigenvalue weighted by molar-refractivity contribution is 6.22. The van der Waals surface area contributed by atoms with Crippen LogP contribution in [0.15, 0.2) is 162 Å². The van der Waals surface area contributed by atoms with Gasteiger partial charge in [0, 0.05) is 21.6 Å². The Kier molecular flexibility index (Phi) is 5.98. The van der Waals surface area contributed by atoms with Crippen LogP contribution in [-0.2, 0) is 10.8 Å². The van der Waals surface area contributed by atoms with Gasteiger partial charge < -0.3 is 4.42 Å². The molecule has 260 valence electrons. The lowest BCUT2D eigenvalue weighted by molar-refractivity contribution is 0.660. The average Bonchev–Trinajstić information content (AvgIpc) is 3.77. The molecule has 1 aromatic heterocycles. The molecule has 55 heavy (non-hydrogen) atoms. The average molecular weight is 703 g/mol. The molecule has 2 aliphatic carbocycles. The van der Waals surface area contributed by atoms with Crippen LogP contribution in [0.3, 0.4) is 0 Å². The smallest absolute Gasteiger partial charge is 0.136 e. The topological polar surface area (TPSA) is 13.1 Å². The first kappa shape index (κ1) is 31.0. The van der Waals surface area contributed by atoms with Crippen molar-refractivity contribution in [2.75, 3.05) is 0 Å². The molecule has 0 spiro atoms. The molecule has 1 heterocycles. The number of rotatable bonds is 2. The van der Waals surface area contributed by atoms with Gasteiger partial charge in [0.25, 0.3) is 0 Å². The highest BCUT2D eigenvalue weighted by Crippen LogP contribution is 2.55. The van der Waals surface area contributed by atoms with Crippen LogP contribution < -0.4 is 0 Å². The third-order valence-electron chi connectivity index (χ3n) is 13.2. The summed E-state index contributed by atoms with van der Waals surface area (Å²) in [6.45, 7) is 9.50. The second kappa shape index (κ2) is 10.6. The van der Waals surface area contributed by atoms with Crippen molar-refractivity contribution in [3.05, 3.63) is 180 Å². The lowest BCUT2D eigenvalue weighted by Crippen LogP contribution is -2.15. The molecule has 12 rings (SSSR count). The van der Waals surface area contributed by atoms with Crippen LogP contribution in [0.2, 0.25) is 0 Å². The molecule has 0 amide bonds. The summed E-state index contributed by atoms with van der Waals surface area (Å²) in [5.74, 6) is 0. The van der Waals surface area contributed by atoms with E-state index in [1.807, 2.05) is 6.07 Å². The van der Waals surface area contributed by atoms with Gasteiger partial charge in [-0.3, -0.25) is 0 Å². The molecule has 10 aromatic rings. The Labute approximate surface area is 320 Å². The largest absolute Gasteiger partial charge is 0.456 e. The van der Waals surface area contributed by atoms with E-state index in [1.165, 1.54) is 110 Å². The summed E-state index contributed by atoms with van der Waals surface area (Å²) in [6, 6.07) is 59.1. The van der Waals surface area contributed by atoms with Gasteiger partial charge in [0.15, 0.2) is 0 Å². The predicted molar refractivity (Wildman–Crippen MR) is 232 cm³/mol. The Morgan fingerprint density at radius 1 is 0.345 bits per heavy atom. The van der Waals surface area contributed by atoms with Crippen LogP contribution in [0.25, 0.3) is 98.8 Å². The minimum absolute atomic E-state index is 0.0225. The van der Waals surface area contributed by atoms with Gasteiger partial charge in [-0.2, -0.15) is 0 Å². The van der Waals surface area contributed by atoms with Gasteiger partial charge in [0.1, 0.15) is 11.2 Å². The number of furan rings is 1. The minimum atomic E-state index is -0.162. The third-order valence-corrected chi connectivity index (χ3v) is 13.2. The van der Waals surface area contributed by atoms with Crippen LogP contribution in [0.1, 0.15) is 49.9 Å². The van der Waals surface area contributed by atoms with Crippen LogP contribution in [0, 0.1) is 0 Å². The van der Waals surface area contributed by atoms with E-state index in [-0.39, 0.29) is 10.8 Å². The van der Waals surface area contributed by atoms with E-state index in [4.69, 9.17) is 4.42 Å². The molecular weight excluding hydrogens is 665 g/mol. The molecule has 0 aliphatic heterocycles. The van der Waals surface area contributed by atoms with Gasteiger partial charge in [-0.25, -0.2) is 0 Å². The third kappa shape index (κ3) is 4.03. The molecule has 0 bridgehead atoms. The van der Waals surface area contributed by atoms with E-state index < -0.39 is 0 Å². The summed E-state index contributed by atoms with van der Waals surface area (Å²) < 4.78 is 6.31. The number of hydrogen-bond acceptors (Lipinski definition) is 1. The Bertz CT molecular complexity index is 3260. The van der Waals surface area contributed by atoms with E-state index >= 15 is 0 Å². The zero-order valence-corrected chi connectivity index (χ0v) is 31.4. The van der Waals surface area contributed by atoms with Crippen molar-refractivity contribution in [1.29, 1.82) is 0 Å². The quantitative estimate of drug-likeness (QED) is 0.163. The number of hydrogen-bond donors (Lipinski definition) is 0. The molecule has 0 N–H and O–H groups in total. The summed E-state index contributed by atoms with van der Waals surface area (Å²) >= 11 is 0. The van der Waals surface area contributed by atoms with Crippen LogP contribution in [0.5, 0.6) is 0 Å². The Balaban J connectivity index is 1.08. The van der Waals surface area contributed by atoms with Gasteiger partial charge in [-0.1, -0.05) is 155 Å². The fraction of sp³-hybridized carbons (Fsp3) is 0.111. The minimum Gasteiger partial charge on any atom is -0.456 e. The summed E-state index contributed by atoms with van der Waals surface area (Å²) in [4.78, 5) is 0. The summed E-state index contributed by atoms with van der Waals surface area (Å²) in [5, 5.41) is 10.00. The first-order valence-electron chi connectivity index (χ1n) is 19.5. The summed E-state index contributed by atoms with van der Waals surface area (Å²) in [7, 11) is 0. The van der Waals surface area contributed by atoms with Gasteiger partial charge in [-0.05, 0) is 129 Å². The van der Waals surface area contributed by atoms with Crippen LogP contribution in [-0.4, -0.2) is 0 Å². The standard InChI is InChI=1S/C54H38O/c1-53(2)45-19-11-9-13-34(45)42-27-32(22-25-46(42)53)50-36-15-5-7-17-38(36)51(39-18-8-6-16-37(39)50)33-23-26-47-43(28-33)40-24-21-31-29-49-44(30-41(31)52(40)54(47,3)4)35-14-10-12-20-48(35)55-49/h5-30H,1-4H3. The highest BCUT2D eigenvalue weighted by atomic mass is 16.3. The Hall–Kier alpha value is -6.44. The Morgan fingerprint density at radius 3 is 1.53 bits per heavy atom. The van der Waals surface area contributed by atoms with Crippen molar-refractivity contribution >= 4 is 54.3 Å². The van der Waals surface area contributed by atoms with Crippen molar-refractivity contribution in [1.82, 2.24) is 0 Å². The van der Waals surface area contributed by atoms with E-state index in [9.17, 15) is 0 Å². The molecule has 0 unspecified atom stereocenters. The molecule has 9 aromatic carbocycles. The van der Waals surface area contributed by atoms with Gasteiger partial charge >= 0.3 is 0 Å². The molecule has 0 atom stereocenters. The SMILES string of the molecule is CC1(C)c2ccccc2-c2cc(-c3c4ccccc4c(-c4ccc5c(c4)-c4ccc6cc7oc8ccccc8c7cc6c4C5(C)C)c4ccccc34)ccc21. The number of fused-ring (bicyclic) bond motifs is 13. The molecule has 0 saturated heterocycles. The van der Waals surface area contributed by atoms with Crippen LogP contribution >= 0.6 is 0 Å². The van der Waals surface area contributed by atoms with Crippen LogP contribution in [0.4, 0.5) is 0 Å². The van der Waals surface area contributed by atoms with Crippen molar-refractivity contribution in [3.8, 4) is 44.5 Å². The van der Waals surface area contributed by atoms with Crippen molar-refractivity contribution in [2.24, 2.45) is 0 Å². The van der Waals surface area contributed by atoms with Gasteiger partial charge in [-0.15, -0.1) is 0 Å². The second-order valence-electron chi connectivity index (χ2n) is 16.8. The normalized spacial score (nSPS) is 14.8. The van der Waals surface area contributed by atoms with E-state index in [2.05, 4.69) is 179 Å². The highest BCUT2D eigenvalue weighted by Gasteiger charge is 2.38. The van der Waals surface area contributed by atoms with E-state index in [1.54, 1.807) is 0 Å². The molecule has 1 heteroatoms. The van der Waals surface area contributed by atoms with Crippen molar-refractivity contribution < 1.29 is 4.42 Å².